The van der Waals surface area contributed by atoms with E-state index in [9.17, 15) is 4.39 Å². The van der Waals surface area contributed by atoms with Gasteiger partial charge in [0, 0.05) is 29.9 Å². The van der Waals surface area contributed by atoms with Crippen molar-refractivity contribution in [3.05, 3.63) is 93.8 Å². The molecule has 0 aliphatic carbocycles. The lowest BCUT2D eigenvalue weighted by molar-refractivity contribution is 0.627. The fraction of sp³-hybridized carbons (Fsp3) is 0.217. The summed E-state index contributed by atoms with van der Waals surface area (Å²) in [5.74, 6) is -0.289. The van der Waals surface area contributed by atoms with Crippen molar-refractivity contribution in [3.63, 3.8) is 0 Å². The molecule has 0 aliphatic rings. The van der Waals surface area contributed by atoms with Gasteiger partial charge in [-0.1, -0.05) is 29.8 Å². The van der Waals surface area contributed by atoms with Gasteiger partial charge in [0.15, 0.2) is 0 Å². The van der Waals surface area contributed by atoms with Crippen molar-refractivity contribution in [1.82, 2.24) is 24.9 Å². The smallest absolute Gasteiger partial charge is 0.137 e. The maximum absolute atomic E-state index is 13.2. The first-order valence-corrected chi connectivity index (χ1v) is 10.1. The molecule has 7 heteroatoms. The van der Waals surface area contributed by atoms with E-state index in [0.29, 0.717) is 18.2 Å². The second kappa shape index (κ2) is 8.42. The molecular weight excluding hydrogens is 401 g/mol. The monoisotopic (exact) mass is 423 g/mol. The lowest BCUT2D eigenvalue weighted by atomic mass is 10.2. The third kappa shape index (κ3) is 3.88. The first-order valence-electron chi connectivity index (χ1n) is 9.77. The van der Waals surface area contributed by atoms with Crippen LogP contribution < -0.4 is 5.32 Å². The molecule has 4 aromatic rings. The Morgan fingerprint density at radius 1 is 0.800 bits per heavy atom. The Bertz CT molecular complexity index is 1160. The van der Waals surface area contributed by atoms with Crippen LogP contribution in [0.5, 0.6) is 0 Å². The van der Waals surface area contributed by atoms with Gasteiger partial charge < -0.3 is 5.32 Å². The zero-order valence-corrected chi connectivity index (χ0v) is 17.9. The molecule has 0 atom stereocenters. The second-order valence-corrected chi connectivity index (χ2v) is 7.60. The quantitative estimate of drug-likeness (QED) is 0.471. The van der Waals surface area contributed by atoms with E-state index in [0.717, 1.165) is 34.0 Å². The summed E-state index contributed by atoms with van der Waals surface area (Å²) in [5.41, 5.74) is 6.80. The minimum atomic E-state index is -0.289. The molecule has 2 heterocycles. The maximum atomic E-state index is 13.2. The van der Waals surface area contributed by atoms with E-state index in [1.165, 1.54) is 17.7 Å². The average molecular weight is 424 g/mol. The topological polar surface area (TPSA) is 47.7 Å². The van der Waals surface area contributed by atoms with Gasteiger partial charge in [-0.05, 0) is 57.2 Å². The van der Waals surface area contributed by atoms with Crippen molar-refractivity contribution >= 4 is 11.6 Å². The summed E-state index contributed by atoms with van der Waals surface area (Å²) in [6.45, 7) is 7.26. The largest absolute Gasteiger partial charge is 0.308 e. The molecule has 5 nitrogen and oxygen atoms in total. The Kier molecular flexibility index (Phi) is 5.70. The van der Waals surface area contributed by atoms with Crippen LogP contribution in [0.4, 0.5) is 4.39 Å². The van der Waals surface area contributed by atoms with Gasteiger partial charge in [-0.15, -0.1) is 0 Å². The van der Waals surface area contributed by atoms with Crippen molar-refractivity contribution in [2.45, 2.75) is 33.9 Å². The normalized spacial score (nSPS) is 11.2. The summed E-state index contributed by atoms with van der Waals surface area (Å²) in [5, 5.41) is 13.2. The molecule has 0 unspecified atom stereocenters. The fourth-order valence-corrected chi connectivity index (χ4v) is 3.89. The van der Waals surface area contributed by atoms with Gasteiger partial charge in [0.25, 0.3) is 0 Å². The molecular formula is C23H23ClFN5. The van der Waals surface area contributed by atoms with E-state index in [1.54, 1.807) is 16.8 Å². The van der Waals surface area contributed by atoms with Crippen molar-refractivity contribution in [2.24, 2.45) is 0 Å². The Morgan fingerprint density at radius 2 is 1.37 bits per heavy atom. The van der Waals surface area contributed by atoms with Crippen molar-refractivity contribution in [1.29, 1.82) is 0 Å². The van der Waals surface area contributed by atoms with Gasteiger partial charge in [0.2, 0.25) is 0 Å². The van der Waals surface area contributed by atoms with Crippen LogP contribution in [-0.2, 0) is 13.1 Å². The minimum absolute atomic E-state index is 0.289. The predicted octanol–water partition coefficient (Wildman–Crippen LogP) is 5.07. The molecule has 0 amide bonds. The van der Waals surface area contributed by atoms with Crippen LogP contribution in [0, 0.1) is 26.6 Å². The fourth-order valence-electron chi connectivity index (χ4n) is 3.55. The zero-order valence-electron chi connectivity index (χ0n) is 17.2. The van der Waals surface area contributed by atoms with E-state index < -0.39 is 0 Å². The van der Waals surface area contributed by atoms with Crippen LogP contribution >= 0.6 is 11.6 Å². The first kappa shape index (κ1) is 20.3. The number of aromatic nitrogens is 4. The molecule has 0 fully saturated rings. The van der Waals surface area contributed by atoms with Crippen LogP contribution in [-0.4, -0.2) is 19.6 Å². The third-order valence-electron chi connectivity index (χ3n) is 5.24. The average Bonchev–Trinajstić information content (AvgIpc) is 3.19. The molecule has 0 saturated carbocycles. The molecule has 0 saturated heterocycles. The Balaban J connectivity index is 1.50. The molecule has 154 valence electrons. The molecule has 0 spiro atoms. The highest BCUT2D eigenvalue weighted by Crippen LogP contribution is 2.24. The summed E-state index contributed by atoms with van der Waals surface area (Å²) >= 11 is 6.58. The van der Waals surface area contributed by atoms with Gasteiger partial charge in [-0.2, -0.15) is 10.2 Å². The number of nitrogens with zero attached hydrogens (tertiary/aromatic N) is 4. The van der Waals surface area contributed by atoms with Crippen LogP contribution in [0.15, 0.2) is 54.6 Å². The van der Waals surface area contributed by atoms with Crippen LogP contribution in [0.3, 0.4) is 0 Å². The van der Waals surface area contributed by atoms with Crippen LogP contribution in [0.2, 0.25) is 5.15 Å². The summed E-state index contributed by atoms with van der Waals surface area (Å²) in [6.07, 6.45) is 0. The van der Waals surface area contributed by atoms with E-state index >= 15 is 0 Å². The van der Waals surface area contributed by atoms with Gasteiger partial charge in [-0.3, -0.25) is 0 Å². The highest BCUT2D eigenvalue weighted by Gasteiger charge is 2.16. The number of aryl methyl sites for hydroxylation is 2. The van der Waals surface area contributed by atoms with E-state index in [4.69, 9.17) is 16.7 Å². The molecule has 0 aliphatic heterocycles. The molecule has 2 aromatic carbocycles. The molecule has 2 aromatic heterocycles. The summed E-state index contributed by atoms with van der Waals surface area (Å²) < 4.78 is 16.8. The van der Waals surface area contributed by atoms with Crippen molar-refractivity contribution < 1.29 is 4.39 Å². The van der Waals surface area contributed by atoms with E-state index in [-0.39, 0.29) is 5.82 Å². The first-order chi connectivity index (χ1) is 14.5. The van der Waals surface area contributed by atoms with Crippen molar-refractivity contribution in [3.8, 4) is 11.4 Å². The lowest BCUT2D eigenvalue weighted by Crippen LogP contribution is -2.14. The molecule has 1 N–H and O–H groups in total. The molecule has 4 rings (SSSR count). The number of hydrogen-bond donors (Lipinski definition) is 1. The highest BCUT2D eigenvalue weighted by molar-refractivity contribution is 6.30. The SMILES string of the molecule is Cc1nn(-c2ccccc2)c(C)c1CNCc1c(C)nn(-c2ccc(F)cc2)c1Cl. The molecule has 0 bridgehead atoms. The number of rotatable bonds is 6. The third-order valence-corrected chi connectivity index (χ3v) is 5.63. The maximum Gasteiger partial charge on any atom is 0.137 e. The molecule has 30 heavy (non-hydrogen) atoms. The van der Waals surface area contributed by atoms with Gasteiger partial charge in [0.1, 0.15) is 11.0 Å². The van der Waals surface area contributed by atoms with Gasteiger partial charge in [-0.25, -0.2) is 13.8 Å². The van der Waals surface area contributed by atoms with Crippen LogP contribution in [0.1, 0.15) is 28.2 Å². The summed E-state index contributed by atoms with van der Waals surface area (Å²) in [6, 6.07) is 16.2. The van der Waals surface area contributed by atoms with E-state index in [1.807, 2.05) is 48.9 Å². The number of hydrogen-bond acceptors (Lipinski definition) is 3. The Hall–Kier alpha value is -2.96. The number of nitrogens with one attached hydrogen (secondary N) is 1. The van der Waals surface area contributed by atoms with E-state index in [2.05, 4.69) is 17.3 Å². The van der Waals surface area contributed by atoms with Crippen LogP contribution in [0.25, 0.3) is 11.4 Å². The standard InChI is InChI=1S/C23H23ClFN5/c1-15-21(17(3)29(27-15)19-7-5-4-6-8-19)13-26-14-22-16(2)28-30(23(22)24)20-11-9-18(25)10-12-20/h4-12,26H,13-14H2,1-3H3. The number of halogens is 2. The van der Waals surface area contributed by atoms with Gasteiger partial charge in [0.05, 0.1) is 22.8 Å². The second-order valence-electron chi connectivity index (χ2n) is 7.24. The number of para-hydroxylation sites is 1. The summed E-state index contributed by atoms with van der Waals surface area (Å²) in [7, 11) is 0. The van der Waals surface area contributed by atoms with Gasteiger partial charge >= 0.3 is 0 Å². The Morgan fingerprint density at radius 3 is 2.07 bits per heavy atom. The highest BCUT2D eigenvalue weighted by atomic mass is 35.5. The zero-order chi connectivity index (χ0) is 21.3. The minimum Gasteiger partial charge on any atom is -0.308 e. The lowest BCUT2D eigenvalue weighted by Gasteiger charge is -2.07. The molecule has 0 radical (unpaired) electrons. The van der Waals surface area contributed by atoms with Crippen molar-refractivity contribution in [2.75, 3.05) is 0 Å². The Labute approximate surface area is 180 Å². The predicted molar refractivity (Wildman–Crippen MR) is 117 cm³/mol. The summed E-state index contributed by atoms with van der Waals surface area (Å²) in [4.78, 5) is 0. The number of benzene rings is 2.